The number of rotatable bonds is 7. The van der Waals surface area contributed by atoms with Crippen molar-refractivity contribution in [2.45, 2.75) is 32.4 Å². The van der Waals surface area contributed by atoms with Crippen molar-refractivity contribution in [3.8, 4) is 0 Å². The number of aryl methyl sites for hydroxylation is 1. The molecule has 19 heavy (non-hydrogen) atoms. The molecule has 106 valence electrons. The first-order valence-electron chi connectivity index (χ1n) is 6.59. The van der Waals surface area contributed by atoms with E-state index >= 15 is 0 Å². The minimum absolute atomic E-state index is 0.0170. The Bertz CT molecular complexity index is 390. The number of ether oxygens (including phenoxy) is 1. The van der Waals surface area contributed by atoms with Crippen molar-refractivity contribution in [1.82, 2.24) is 4.90 Å². The number of carbonyl (C=O) groups excluding carboxylic acids is 1. The predicted molar refractivity (Wildman–Crippen MR) is 76.7 cm³/mol. The molecule has 0 fully saturated rings. The van der Waals surface area contributed by atoms with E-state index in [1.54, 1.807) is 19.1 Å². The van der Waals surface area contributed by atoms with Gasteiger partial charge >= 0.3 is 0 Å². The molecule has 0 heterocycles. The van der Waals surface area contributed by atoms with Gasteiger partial charge in [-0.25, -0.2) is 0 Å². The van der Waals surface area contributed by atoms with Gasteiger partial charge in [0.2, 0.25) is 5.91 Å². The van der Waals surface area contributed by atoms with Crippen LogP contribution in [0.25, 0.3) is 0 Å². The first kappa shape index (κ1) is 15.7. The molecule has 0 saturated carbocycles. The summed E-state index contributed by atoms with van der Waals surface area (Å²) in [5.41, 5.74) is 8.22. The zero-order valence-corrected chi connectivity index (χ0v) is 12.1. The summed E-state index contributed by atoms with van der Waals surface area (Å²) in [6.07, 6.45) is 1.46. The molecule has 0 saturated heterocycles. The van der Waals surface area contributed by atoms with Crippen molar-refractivity contribution < 1.29 is 9.53 Å². The monoisotopic (exact) mass is 264 g/mol. The number of nitrogens with zero attached hydrogens (tertiary/aromatic N) is 1. The van der Waals surface area contributed by atoms with Crippen LogP contribution in [-0.4, -0.2) is 37.6 Å². The predicted octanol–water partition coefficient (Wildman–Crippen LogP) is 1.71. The van der Waals surface area contributed by atoms with Crippen molar-refractivity contribution in [3.05, 3.63) is 35.4 Å². The van der Waals surface area contributed by atoms with E-state index in [9.17, 15) is 4.79 Å². The van der Waals surface area contributed by atoms with Gasteiger partial charge in [-0.3, -0.25) is 4.79 Å². The second kappa shape index (κ2) is 7.92. The lowest BCUT2D eigenvalue weighted by Gasteiger charge is -2.21. The molecule has 0 radical (unpaired) electrons. The van der Waals surface area contributed by atoms with Gasteiger partial charge in [0, 0.05) is 27.3 Å². The van der Waals surface area contributed by atoms with Gasteiger partial charge in [0.05, 0.1) is 6.04 Å². The Morgan fingerprint density at radius 2 is 2.00 bits per heavy atom. The van der Waals surface area contributed by atoms with Gasteiger partial charge in [0.15, 0.2) is 0 Å². The van der Waals surface area contributed by atoms with Crippen LogP contribution < -0.4 is 5.73 Å². The largest absolute Gasteiger partial charge is 0.385 e. The number of benzene rings is 1. The molecule has 0 spiro atoms. The standard InChI is InChI=1S/C15H24N2O2/c1-12-6-8-13(9-7-12)11-17(2)15(18)14(16)5-4-10-19-3/h6-9,14H,4-5,10-11,16H2,1-3H3. The van der Waals surface area contributed by atoms with Crippen LogP contribution >= 0.6 is 0 Å². The smallest absolute Gasteiger partial charge is 0.239 e. The minimum Gasteiger partial charge on any atom is -0.385 e. The van der Waals surface area contributed by atoms with Gasteiger partial charge in [0.25, 0.3) is 0 Å². The van der Waals surface area contributed by atoms with Crippen LogP contribution in [0, 0.1) is 6.92 Å². The Kier molecular flexibility index (Phi) is 6.53. The lowest BCUT2D eigenvalue weighted by Crippen LogP contribution is -2.41. The number of likely N-dealkylation sites (N-methyl/N-ethyl adjacent to an activating group) is 1. The third kappa shape index (κ3) is 5.41. The summed E-state index contributed by atoms with van der Waals surface area (Å²) in [4.78, 5) is 13.8. The normalized spacial score (nSPS) is 12.2. The maximum absolute atomic E-state index is 12.1. The molecule has 0 aromatic heterocycles. The highest BCUT2D eigenvalue weighted by Crippen LogP contribution is 2.07. The first-order valence-corrected chi connectivity index (χ1v) is 6.59. The summed E-state index contributed by atoms with van der Waals surface area (Å²) in [5.74, 6) is -0.0170. The fourth-order valence-electron chi connectivity index (χ4n) is 1.90. The fraction of sp³-hybridized carbons (Fsp3) is 0.533. The maximum atomic E-state index is 12.1. The van der Waals surface area contributed by atoms with Gasteiger partial charge in [-0.15, -0.1) is 0 Å². The van der Waals surface area contributed by atoms with E-state index in [-0.39, 0.29) is 5.91 Å². The molecule has 1 aromatic rings. The van der Waals surface area contributed by atoms with Crippen LogP contribution in [0.2, 0.25) is 0 Å². The SMILES string of the molecule is COCCCC(N)C(=O)N(C)Cc1ccc(C)cc1. The quantitative estimate of drug-likeness (QED) is 0.763. The molecule has 0 aliphatic heterocycles. The highest BCUT2D eigenvalue weighted by molar-refractivity contribution is 5.81. The Hall–Kier alpha value is -1.39. The zero-order chi connectivity index (χ0) is 14.3. The van der Waals surface area contributed by atoms with Gasteiger partial charge in [0.1, 0.15) is 0 Å². The van der Waals surface area contributed by atoms with E-state index in [4.69, 9.17) is 10.5 Å². The fourth-order valence-corrected chi connectivity index (χ4v) is 1.90. The number of hydrogen-bond acceptors (Lipinski definition) is 3. The van der Waals surface area contributed by atoms with Gasteiger partial charge in [-0.1, -0.05) is 29.8 Å². The van der Waals surface area contributed by atoms with Crippen LogP contribution in [0.5, 0.6) is 0 Å². The van der Waals surface area contributed by atoms with E-state index in [1.165, 1.54) is 5.56 Å². The van der Waals surface area contributed by atoms with Gasteiger partial charge in [-0.05, 0) is 25.3 Å². The number of amides is 1. The highest BCUT2D eigenvalue weighted by Gasteiger charge is 2.17. The van der Waals surface area contributed by atoms with E-state index in [0.29, 0.717) is 19.6 Å². The molecule has 2 N–H and O–H groups in total. The maximum Gasteiger partial charge on any atom is 0.239 e. The summed E-state index contributed by atoms with van der Waals surface area (Å²) in [6, 6.07) is 7.73. The molecule has 1 amide bonds. The summed E-state index contributed by atoms with van der Waals surface area (Å²) in [7, 11) is 3.44. The highest BCUT2D eigenvalue weighted by atomic mass is 16.5. The molecule has 1 unspecified atom stereocenters. The van der Waals surface area contributed by atoms with E-state index < -0.39 is 6.04 Å². The van der Waals surface area contributed by atoms with Crippen molar-refractivity contribution in [1.29, 1.82) is 0 Å². The second-order valence-corrected chi connectivity index (χ2v) is 4.92. The lowest BCUT2D eigenvalue weighted by atomic mass is 10.1. The molecule has 1 atom stereocenters. The number of methoxy groups -OCH3 is 1. The summed E-state index contributed by atoms with van der Waals surface area (Å²) < 4.78 is 4.96. The second-order valence-electron chi connectivity index (χ2n) is 4.92. The number of carbonyl (C=O) groups is 1. The van der Waals surface area contributed by atoms with Crippen LogP contribution in [0.3, 0.4) is 0 Å². The third-order valence-electron chi connectivity index (χ3n) is 3.10. The first-order chi connectivity index (χ1) is 9.04. The zero-order valence-electron chi connectivity index (χ0n) is 12.1. The Balaban J connectivity index is 2.45. The van der Waals surface area contributed by atoms with E-state index in [2.05, 4.69) is 0 Å². The average Bonchev–Trinajstić information content (AvgIpc) is 2.40. The third-order valence-corrected chi connectivity index (χ3v) is 3.10. The minimum atomic E-state index is -0.439. The van der Waals surface area contributed by atoms with Crippen molar-refractivity contribution in [2.75, 3.05) is 20.8 Å². The summed E-state index contributed by atoms with van der Waals surface area (Å²) >= 11 is 0. The van der Waals surface area contributed by atoms with Gasteiger partial charge < -0.3 is 15.4 Å². The van der Waals surface area contributed by atoms with Crippen molar-refractivity contribution >= 4 is 5.91 Å². The molecule has 4 heteroatoms. The van der Waals surface area contributed by atoms with Crippen LogP contribution in [0.1, 0.15) is 24.0 Å². The molecule has 1 aromatic carbocycles. The molecule has 0 aliphatic rings. The van der Waals surface area contributed by atoms with Crippen LogP contribution in [-0.2, 0) is 16.1 Å². The molecular formula is C15H24N2O2. The molecule has 0 bridgehead atoms. The summed E-state index contributed by atoms with van der Waals surface area (Å²) in [6.45, 7) is 3.28. The topological polar surface area (TPSA) is 55.6 Å². The van der Waals surface area contributed by atoms with Gasteiger partial charge in [-0.2, -0.15) is 0 Å². The van der Waals surface area contributed by atoms with Crippen LogP contribution in [0.4, 0.5) is 0 Å². The Morgan fingerprint density at radius 1 is 1.37 bits per heavy atom. The summed E-state index contributed by atoms with van der Waals surface area (Å²) in [5, 5.41) is 0. The van der Waals surface area contributed by atoms with Crippen molar-refractivity contribution in [3.63, 3.8) is 0 Å². The number of nitrogens with two attached hydrogens (primary N) is 1. The van der Waals surface area contributed by atoms with E-state index in [1.807, 2.05) is 31.2 Å². The Labute approximate surface area is 115 Å². The Morgan fingerprint density at radius 3 is 2.58 bits per heavy atom. The number of hydrogen-bond donors (Lipinski definition) is 1. The van der Waals surface area contributed by atoms with Crippen molar-refractivity contribution in [2.24, 2.45) is 5.73 Å². The molecule has 1 rings (SSSR count). The average molecular weight is 264 g/mol. The van der Waals surface area contributed by atoms with E-state index in [0.717, 1.165) is 12.0 Å². The molecule has 4 nitrogen and oxygen atoms in total. The van der Waals surface area contributed by atoms with Crippen LogP contribution in [0.15, 0.2) is 24.3 Å². The lowest BCUT2D eigenvalue weighted by molar-refractivity contribution is -0.132. The molecule has 0 aliphatic carbocycles. The molecular weight excluding hydrogens is 240 g/mol.